The molecule has 0 unspecified atom stereocenters. The number of benzene rings is 2. The van der Waals surface area contributed by atoms with Gasteiger partial charge in [0, 0.05) is 6.54 Å². The van der Waals surface area contributed by atoms with Crippen molar-refractivity contribution in [3.63, 3.8) is 0 Å². The Balaban J connectivity index is 1.69. The van der Waals surface area contributed by atoms with Gasteiger partial charge in [-0.25, -0.2) is 4.79 Å². The third kappa shape index (κ3) is 2.58. The lowest BCUT2D eigenvalue weighted by Gasteiger charge is -2.42. The number of rotatable bonds is 3. The molecule has 1 saturated heterocycles. The number of urea groups is 1. The predicted octanol–water partition coefficient (Wildman–Crippen LogP) is 1.84. The Bertz CT molecular complexity index is 673. The molecule has 5 nitrogen and oxygen atoms in total. The molecule has 0 radical (unpaired) electrons. The number of hydrogen-bond donors (Lipinski definition) is 2. The van der Waals surface area contributed by atoms with Gasteiger partial charge >= 0.3 is 6.03 Å². The summed E-state index contributed by atoms with van der Waals surface area (Å²) in [6.07, 6.45) is -1.16. The second kappa shape index (κ2) is 5.99. The van der Waals surface area contributed by atoms with Crippen LogP contribution in [0.25, 0.3) is 0 Å². The Morgan fingerprint density at radius 2 is 1.64 bits per heavy atom. The van der Waals surface area contributed by atoms with Gasteiger partial charge in [0.25, 0.3) is 5.91 Å². The summed E-state index contributed by atoms with van der Waals surface area (Å²) in [7, 11) is 0. The first kappa shape index (κ1) is 14.3. The van der Waals surface area contributed by atoms with Crippen LogP contribution in [0, 0.1) is 0 Å². The summed E-state index contributed by atoms with van der Waals surface area (Å²) in [4.78, 5) is 25.1. The summed E-state index contributed by atoms with van der Waals surface area (Å²) in [6, 6.07) is 17.4. The number of nitrogens with one attached hydrogen (secondary N) is 1. The number of aliphatic hydroxyl groups excluding tert-OH is 1. The lowest BCUT2D eigenvalue weighted by atomic mass is 9.91. The molecule has 1 heterocycles. The number of carbonyl (C=O) groups is 2. The van der Waals surface area contributed by atoms with Crippen LogP contribution in [0.1, 0.15) is 17.2 Å². The van der Waals surface area contributed by atoms with Crippen LogP contribution in [0.5, 0.6) is 0 Å². The van der Waals surface area contributed by atoms with Crippen molar-refractivity contribution in [2.75, 3.05) is 0 Å². The summed E-state index contributed by atoms with van der Waals surface area (Å²) in [6.45, 7) is 0.334. The molecule has 3 amide bonds. The maximum absolute atomic E-state index is 12.2. The van der Waals surface area contributed by atoms with Gasteiger partial charge < -0.3 is 10.4 Å². The molecule has 0 spiro atoms. The van der Waals surface area contributed by atoms with Gasteiger partial charge in [-0.2, -0.15) is 0 Å². The summed E-state index contributed by atoms with van der Waals surface area (Å²) in [5, 5.41) is 12.6. The fourth-order valence-corrected chi connectivity index (χ4v) is 2.54. The molecule has 2 N–H and O–H groups in total. The topological polar surface area (TPSA) is 69.6 Å². The number of β-lactam (4-membered cyclic amide) rings is 1. The SMILES string of the molecule is O=C(NCc1ccccc1)N1C(=O)[C@H](O)[C@@H]1c1ccccc1. The molecular weight excluding hydrogens is 280 g/mol. The van der Waals surface area contributed by atoms with Gasteiger partial charge in [0.05, 0.1) is 0 Å². The van der Waals surface area contributed by atoms with Crippen molar-refractivity contribution in [2.45, 2.75) is 18.7 Å². The Hall–Kier alpha value is -2.66. The molecule has 2 aromatic carbocycles. The summed E-state index contributed by atoms with van der Waals surface area (Å²) in [5.41, 5.74) is 1.69. The number of likely N-dealkylation sites (tertiary alicyclic amines) is 1. The van der Waals surface area contributed by atoms with E-state index in [4.69, 9.17) is 0 Å². The molecule has 1 aliphatic heterocycles. The normalized spacial score (nSPS) is 20.4. The van der Waals surface area contributed by atoms with Crippen molar-refractivity contribution in [3.8, 4) is 0 Å². The number of nitrogens with zero attached hydrogens (tertiary/aromatic N) is 1. The monoisotopic (exact) mass is 296 g/mol. The lowest BCUT2D eigenvalue weighted by molar-refractivity contribution is -0.160. The third-order valence-corrected chi connectivity index (χ3v) is 3.71. The zero-order chi connectivity index (χ0) is 15.5. The molecule has 0 aromatic heterocycles. The Morgan fingerprint density at radius 3 is 2.27 bits per heavy atom. The standard InChI is InChI=1S/C17H16N2O3/c20-15-14(13-9-5-2-6-10-13)19(16(15)21)17(22)18-11-12-7-3-1-4-8-12/h1-10,14-15,20H,11H2,(H,18,22)/t14-,15+/m0/s1. The zero-order valence-electron chi connectivity index (χ0n) is 11.8. The highest BCUT2D eigenvalue weighted by atomic mass is 16.3. The van der Waals surface area contributed by atoms with Crippen LogP contribution in [0.4, 0.5) is 4.79 Å². The van der Waals surface area contributed by atoms with Gasteiger partial charge in [-0.1, -0.05) is 60.7 Å². The fraction of sp³-hybridized carbons (Fsp3) is 0.176. The number of imide groups is 1. The third-order valence-electron chi connectivity index (χ3n) is 3.71. The van der Waals surface area contributed by atoms with Gasteiger partial charge in [0.2, 0.25) is 0 Å². The minimum atomic E-state index is -1.16. The van der Waals surface area contributed by atoms with E-state index in [-0.39, 0.29) is 0 Å². The van der Waals surface area contributed by atoms with E-state index in [2.05, 4.69) is 5.32 Å². The highest BCUT2D eigenvalue weighted by Gasteiger charge is 2.50. The minimum absolute atomic E-state index is 0.334. The molecule has 0 bridgehead atoms. The van der Waals surface area contributed by atoms with E-state index < -0.39 is 24.1 Å². The van der Waals surface area contributed by atoms with E-state index in [1.54, 1.807) is 12.1 Å². The molecule has 0 saturated carbocycles. The first-order valence-corrected chi connectivity index (χ1v) is 7.06. The van der Waals surface area contributed by atoms with Crippen LogP contribution in [-0.2, 0) is 11.3 Å². The highest BCUT2D eigenvalue weighted by molar-refractivity contribution is 6.02. The van der Waals surface area contributed by atoms with Crippen molar-refractivity contribution >= 4 is 11.9 Å². The predicted molar refractivity (Wildman–Crippen MR) is 80.7 cm³/mol. The van der Waals surface area contributed by atoms with Crippen LogP contribution < -0.4 is 5.32 Å². The van der Waals surface area contributed by atoms with Gasteiger partial charge in [-0.3, -0.25) is 9.69 Å². The second-order valence-electron chi connectivity index (χ2n) is 5.15. The molecule has 112 valence electrons. The number of aliphatic hydroxyl groups is 1. The molecule has 22 heavy (non-hydrogen) atoms. The molecular formula is C17H16N2O3. The first-order valence-electron chi connectivity index (χ1n) is 7.06. The van der Waals surface area contributed by atoms with E-state index in [0.29, 0.717) is 6.54 Å². The first-order chi connectivity index (χ1) is 10.7. The second-order valence-corrected chi connectivity index (χ2v) is 5.15. The van der Waals surface area contributed by atoms with Crippen LogP contribution in [0.15, 0.2) is 60.7 Å². The van der Waals surface area contributed by atoms with Gasteiger partial charge in [0.1, 0.15) is 6.04 Å². The minimum Gasteiger partial charge on any atom is -0.381 e. The molecule has 5 heteroatoms. The average molecular weight is 296 g/mol. The van der Waals surface area contributed by atoms with Crippen molar-refractivity contribution < 1.29 is 14.7 Å². The Kier molecular flexibility index (Phi) is 3.89. The lowest BCUT2D eigenvalue weighted by Crippen LogP contribution is -2.63. The van der Waals surface area contributed by atoms with E-state index in [1.165, 1.54) is 0 Å². The van der Waals surface area contributed by atoms with Crippen LogP contribution in [0.2, 0.25) is 0 Å². The van der Waals surface area contributed by atoms with Crippen LogP contribution in [-0.4, -0.2) is 28.0 Å². The van der Waals surface area contributed by atoms with Crippen molar-refractivity contribution in [1.82, 2.24) is 10.2 Å². The van der Waals surface area contributed by atoms with Crippen molar-refractivity contribution in [1.29, 1.82) is 0 Å². The fourth-order valence-electron chi connectivity index (χ4n) is 2.54. The number of carbonyl (C=O) groups excluding carboxylic acids is 2. The van der Waals surface area contributed by atoms with E-state index in [9.17, 15) is 14.7 Å². The van der Waals surface area contributed by atoms with Gasteiger partial charge in [-0.15, -0.1) is 0 Å². The smallest absolute Gasteiger partial charge is 0.325 e. The molecule has 1 fully saturated rings. The summed E-state index contributed by atoms with van der Waals surface area (Å²) >= 11 is 0. The van der Waals surface area contributed by atoms with Crippen molar-refractivity contribution in [3.05, 3.63) is 71.8 Å². The number of amides is 3. The summed E-state index contributed by atoms with van der Waals surface area (Å²) < 4.78 is 0. The van der Waals surface area contributed by atoms with Gasteiger partial charge in [0.15, 0.2) is 6.10 Å². The van der Waals surface area contributed by atoms with E-state index >= 15 is 0 Å². The molecule has 2 atom stereocenters. The van der Waals surface area contributed by atoms with Crippen LogP contribution >= 0.6 is 0 Å². The van der Waals surface area contributed by atoms with Crippen molar-refractivity contribution in [2.24, 2.45) is 0 Å². The zero-order valence-corrected chi connectivity index (χ0v) is 11.8. The maximum Gasteiger partial charge on any atom is 0.325 e. The molecule has 2 aromatic rings. The Labute approximate surface area is 128 Å². The quantitative estimate of drug-likeness (QED) is 0.849. The molecule has 3 rings (SSSR count). The molecule has 1 aliphatic rings. The van der Waals surface area contributed by atoms with E-state index in [0.717, 1.165) is 16.0 Å². The van der Waals surface area contributed by atoms with E-state index in [1.807, 2.05) is 48.5 Å². The largest absolute Gasteiger partial charge is 0.381 e. The number of hydrogen-bond acceptors (Lipinski definition) is 3. The highest BCUT2D eigenvalue weighted by Crippen LogP contribution is 2.34. The van der Waals surface area contributed by atoms with Crippen LogP contribution in [0.3, 0.4) is 0 Å². The van der Waals surface area contributed by atoms with Gasteiger partial charge in [-0.05, 0) is 11.1 Å². The Morgan fingerprint density at radius 1 is 1.05 bits per heavy atom. The average Bonchev–Trinajstić information content (AvgIpc) is 2.58. The molecule has 0 aliphatic carbocycles. The maximum atomic E-state index is 12.2. The summed E-state index contributed by atoms with van der Waals surface area (Å²) in [5.74, 6) is -0.570.